The molecule has 0 aromatic carbocycles. The number of amides is 2. The van der Waals surface area contributed by atoms with Crippen molar-refractivity contribution in [2.75, 3.05) is 39.2 Å². The Morgan fingerprint density at radius 3 is 2.21 bits per heavy atom. The van der Waals surface area contributed by atoms with Crippen LogP contribution in [0.1, 0.15) is 65.6 Å². The van der Waals surface area contributed by atoms with Crippen LogP contribution in [0.5, 0.6) is 0 Å². The van der Waals surface area contributed by atoms with Gasteiger partial charge in [0.05, 0.1) is 19.8 Å². The molecule has 2 amide bonds. The number of ether oxygens (including phenoxy) is 2. The van der Waals surface area contributed by atoms with Crippen molar-refractivity contribution in [3.63, 3.8) is 0 Å². The molecular formula is C23H35N3O6S. The third kappa shape index (κ3) is 7.01. The summed E-state index contributed by atoms with van der Waals surface area (Å²) < 4.78 is 9.57. The summed E-state index contributed by atoms with van der Waals surface area (Å²) in [5.74, 6) is -0.950. The minimum atomic E-state index is -0.624. The topological polar surface area (TPSA) is 114 Å². The molecule has 1 saturated heterocycles. The number of nitrogens with one attached hydrogen (secondary N) is 2. The van der Waals surface area contributed by atoms with Crippen molar-refractivity contribution in [2.24, 2.45) is 11.8 Å². The summed E-state index contributed by atoms with van der Waals surface area (Å²) in [7, 11) is 2.51. The number of piperidine rings is 1. The Balaban J connectivity index is 1.90. The maximum absolute atomic E-state index is 12.6. The maximum Gasteiger partial charge on any atom is 0.348 e. The van der Waals surface area contributed by atoms with E-state index in [-0.39, 0.29) is 45.6 Å². The zero-order valence-corrected chi connectivity index (χ0v) is 21.1. The van der Waals surface area contributed by atoms with Gasteiger partial charge in [0.2, 0.25) is 11.8 Å². The second kappa shape index (κ2) is 12.1. The molecule has 0 radical (unpaired) electrons. The molecule has 0 saturated carbocycles. The van der Waals surface area contributed by atoms with Crippen LogP contribution in [0.3, 0.4) is 0 Å². The molecular weight excluding hydrogens is 446 g/mol. The quantitative estimate of drug-likeness (QED) is 0.521. The fourth-order valence-electron chi connectivity index (χ4n) is 3.61. The summed E-state index contributed by atoms with van der Waals surface area (Å²) in [6.07, 6.45) is 1.75. The predicted molar refractivity (Wildman–Crippen MR) is 127 cm³/mol. The number of esters is 2. The lowest BCUT2D eigenvalue weighted by atomic mass is 9.94. The average Bonchev–Trinajstić information content (AvgIpc) is 3.12. The number of anilines is 1. The van der Waals surface area contributed by atoms with Gasteiger partial charge in [-0.15, -0.1) is 11.3 Å². The van der Waals surface area contributed by atoms with Crippen LogP contribution in [-0.2, 0) is 19.1 Å². The molecule has 1 aliphatic rings. The van der Waals surface area contributed by atoms with Crippen LogP contribution in [0.15, 0.2) is 0 Å². The lowest BCUT2D eigenvalue weighted by molar-refractivity contribution is -0.127. The molecule has 1 aliphatic heterocycles. The third-order valence-electron chi connectivity index (χ3n) is 6.14. The molecule has 0 spiro atoms. The number of carbonyl (C=O) groups excluding carboxylic acids is 4. The van der Waals surface area contributed by atoms with Crippen molar-refractivity contribution in [3.8, 4) is 0 Å². The average molecular weight is 482 g/mol. The number of methoxy groups -OCH3 is 2. The highest BCUT2D eigenvalue weighted by Crippen LogP contribution is 2.34. The Hall–Kier alpha value is -2.46. The van der Waals surface area contributed by atoms with E-state index < -0.39 is 11.9 Å². The van der Waals surface area contributed by atoms with Crippen molar-refractivity contribution in [3.05, 3.63) is 16.0 Å². The predicted octanol–water partition coefficient (Wildman–Crippen LogP) is 2.83. The molecule has 10 heteroatoms. The van der Waals surface area contributed by atoms with Crippen LogP contribution in [-0.4, -0.2) is 68.5 Å². The molecule has 184 valence electrons. The highest BCUT2D eigenvalue weighted by atomic mass is 32.1. The van der Waals surface area contributed by atoms with Gasteiger partial charge in [-0.05, 0) is 51.3 Å². The van der Waals surface area contributed by atoms with Gasteiger partial charge in [0.1, 0.15) is 9.88 Å². The smallest absolute Gasteiger partial charge is 0.348 e. The zero-order chi connectivity index (χ0) is 24.7. The van der Waals surface area contributed by atoms with Crippen LogP contribution in [0.4, 0.5) is 5.00 Å². The molecule has 1 unspecified atom stereocenters. The maximum atomic E-state index is 12.6. The highest BCUT2D eigenvalue weighted by molar-refractivity contribution is 7.18. The van der Waals surface area contributed by atoms with Gasteiger partial charge in [0, 0.05) is 24.9 Å². The largest absolute Gasteiger partial charge is 0.465 e. The third-order valence-corrected chi connectivity index (χ3v) is 7.33. The summed E-state index contributed by atoms with van der Waals surface area (Å²) in [4.78, 5) is 51.6. The molecule has 2 N–H and O–H groups in total. The first kappa shape index (κ1) is 26.8. The van der Waals surface area contributed by atoms with E-state index in [0.717, 1.165) is 37.3 Å². The molecule has 2 heterocycles. The first-order valence-electron chi connectivity index (χ1n) is 11.2. The van der Waals surface area contributed by atoms with Crippen LogP contribution >= 0.6 is 11.3 Å². The van der Waals surface area contributed by atoms with E-state index >= 15 is 0 Å². The Morgan fingerprint density at radius 2 is 1.67 bits per heavy atom. The summed E-state index contributed by atoms with van der Waals surface area (Å²) in [6, 6.07) is 0.148. The lowest BCUT2D eigenvalue weighted by Gasteiger charge is -2.32. The molecule has 0 bridgehead atoms. The first-order chi connectivity index (χ1) is 15.6. The second-order valence-electron chi connectivity index (χ2n) is 8.70. The van der Waals surface area contributed by atoms with Crippen LogP contribution in [0.2, 0.25) is 0 Å². The molecule has 1 atom stereocenters. The monoisotopic (exact) mass is 481 g/mol. The fourth-order valence-corrected chi connectivity index (χ4v) is 4.74. The van der Waals surface area contributed by atoms with E-state index in [1.165, 1.54) is 14.2 Å². The Bertz CT molecular complexity index is 874. The molecule has 0 aliphatic carbocycles. The number of carbonyl (C=O) groups is 4. The molecule has 1 aromatic heterocycles. The highest BCUT2D eigenvalue weighted by Gasteiger charge is 2.28. The standard InChI is InChI=1S/C23H35N3O6S/c1-13(2)15(4)24-20(28)16-7-10-26(11-8-16)12-9-17(27)25-21-18(22(29)31-5)14(3)19(33-21)23(30)32-6/h13,15-16H,7-12H2,1-6H3,(H,24,28)(H,25,27). The minimum absolute atomic E-state index is 0.00438. The van der Waals surface area contributed by atoms with E-state index in [4.69, 9.17) is 9.47 Å². The van der Waals surface area contributed by atoms with Crippen molar-refractivity contribution in [2.45, 2.75) is 53.0 Å². The zero-order valence-electron chi connectivity index (χ0n) is 20.3. The van der Waals surface area contributed by atoms with Crippen molar-refractivity contribution >= 4 is 40.1 Å². The second-order valence-corrected chi connectivity index (χ2v) is 9.72. The number of rotatable bonds is 9. The van der Waals surface area contributed by atoms with Gasteiger partial charge in [0.15, 0.2) is 0 Å². The van der Waals surface area contributed by atoms with E-state index in [9.17, 15) is 19.2 Å². The van der Waals surface area contributed by atoms with Gasteiger partial charge in [-0.3, -0.25) is 9.59 Å². The van der Waals surface area contributed by atoms with E-state index in [1.54, 1.807) is 6.92 Å². The Morgan fingerprint density at radius 1 is 1.06 bits per heavy atom. The molecule has 9 nitrogen and oxygen atoms in total. The van der Waals surface area contributed by atoms with Gasteiger partial charge >= 0.3 is 11.9 Å². The number of likely N-dealkylation sites (tertiary alicyclic amines) is 1. The SMILES string of the molecule is COC(=O)c1sc(NC(=O)CCN2CCC(C(=O)NC(C)C(C)C)CC2)c(C(=O)OC)c1C. The van der Waals surface area contributed by atoms with Crippen molar-refractivity contribution in [1.29, 1.82) is 0 Å². The van der Waals surface area contributed by atoms with Gasteiger partial charge < -0.3 is 25.0 Å². The summed E-state index contributed by atoms with van der Waals surface area (Å²) in [5.41, 5.74) is 0.583. The molecule has 33 heavy (non-hydrogen) atoms. The number of hydrogen-bond acceptors (Lipinski definition) is 8. The first-order valence-corrected chi connectivity index (χ1v) is 12.0. The number of nitrogens with zero attached hydrogens (tertiary/aromatic N) is 1. The van der Waals surface area contributed by atoms with E-state index in [2.05, 4.69) is 29.4 Å². The molecule has 2 rings (SSSR count). The minimum Gasteiger partial charge on any atom is -0.465 e. The summed E-state index contributed by atoms with van der Waals surface area (Å²) >= 11 is 0.997. The molecule has 1 aromatic rings. The number of thiophene rings is 1. The van der Waals surface area contributed by atoms with E-state index in [0.29, 0.717) is 18.0 Å². The van der Waals surface area contributed by atoms with Gasteiger partial charge in [-0.1, -0.05) is 13.8 Å². The Labute approximate surface area is 199 Å². The lowest BCUT2D eigenvalue weighted by Crippen LogP contribution is -2.44. The van der Waals surface area contributed by atoms with E-state index in [1.807, 2.05) is 6.92 Å². The van der Waals surface area contributed by atoms with Crippen molar-refractivity contribution in [1.82, 2.24) is 10.2 Å². The van der Waals surface area contributed by atoms with Gasteiger partial charge in [-0.25, -0.2) is 9.59 Å². The van der Waals surface area contributed by atoms with Crippen LogP contribution < -0.4 is 10.6 Å². The summed E-state index contributed by atoms with van der Waals surface area (Å²) in [5, 5.41) is 6.11. The summed E-state index contributed by atoms with van der Waals surface area (Å²) in [6.45, 7) is 9.85. The van der Waals surface area contributed by atoms with Crippen molar-refractivity contribution < 1.29 is 28.7 Å². The Kier molecular flexibility index (Phi) is 9.85. The number of hydrogen-bond donors (Lipinski definition) is 2. The molecule has 1 fully saturated rings. The van der Waals surface area contributed by atoms with Crippen LogP contribution in [0, 0.1) is 18.8 Å². The van der Waals surface area contributed by atoms with Gasteiger partial charge in [0.25, 0.3) is 0 Å². The van der Waals surface area contributed by atoms with Gasteiger partial charge in [-0.2, -0.15) is 0 Å². The van der Waals surface area contributed by atoms with Crippen LogP contribution in [0.25, 0.3) is 0 Å². The fraction of sp³-hybridized carbons (Fsp3) is 0.652. The normalized spacial score (nSPS) is 15.7.